The van der Waals surface area contributed by atoms with Crippen molar-refractivity contribution in [2.45, 2.75) is 6.92 Å². The highest BCUT2D eigenvalue weighted by Crippen LogP contribution is 2.27. The topological polar surface area (TPSA) is 55.6 Å². The summed E-state index contributed by atoms with van der Waals surface area (Å²) in [4.78, 5) is 14.6. The van der Waals surface area contributed by atoms with E-state index in [1.54, 1.807) is 12.0 Å². The van der Waals surface area contributed by atoms with Gasteiger partial charge in [-0.2, -0.15) is 0 Å². The van der Waals surface area contributed by atoms with Crippen LogP contribution in [0.2, 0.25) is 0 Å². The Morgan fingerprint density at radius 2 is 1.83 bits per heavy atom. The normalized spacial score (nSPS) is 10.4. The molecule has 122 valence electrons. The Morgan fingerprint density at radius 1 is 1.12 bits per heavy atom. The maximum Gasteiger partial charge on any atom is 0.263 e. The number of para-hydroxylation sites is 1. The van der Waals surface area contributed by atoms with Crippen LogP contribution in [0.15, 0.2) is 65.3 Å². The highest BCUT2D eigenvalue weighted by Gasteiger charge is 2.23. The molecule has 0 aliphatic rings. The summed E-state index contributed by atoms with van der Waals surface area (Å²) in [6.45, 7) is 2.49. The summed E-state index contributed by atoms with van der Waals surface area (Å²) in [7, 11) is 1.61. The minimum atomic E-state index is -0.143. The largest absolute Gasteiger partial charge is 0.497 e. The fourth-order valence-electron chi connectivity index (χ4n) is 2.54. The van der Waals surface area contributed by atoms with Gasteiger partial charge in [0.25, 0.3) is 5.91 Å². The first-order valence-electron chi connectivity index (χ1n) is 7.70. The molecule has 1 aromatic heterocycles. The molecule has 5 nitrogen and oxygen atoms in total. The van der Waals surface area contributed by atoms with Gasteiger partial charge in [0.15, 0.2) is 5.76 Å². The molecule has 3 rings (SSSR count). The number of benzene rings is 2. The van der Waals surface area contributed by atoms with Gasteiger partial charge in [0.05, 0.1) is 13.3 Å². The van der Waals surface area contributed by atoms with Crippen molar-refractivity contribution >= 4 is 11.6 Å². The van der Waals surface area contributed by atoms with Crippen LogP contribution in [0.25, 0.3) is 11.3 Å². The van der Waals surface area contributed by atoms with Gasteiger partial charge in [0.1, 0.15) is 11.3 Å². The van der Waals surface area contributed by atoms with Crippen molar-refractivity contribution in [1.29, 1.82) is 0 Å². The Bertz CT molecular complexity index is 810. The van der Waals surface area contributed by atoms with Crippen molar-refractivity contribution in [2.24, 2.45) is 0 Å². The van der Waals surface area contributed by atoms with Crippen molar-refractivity contribution in [3.8, 4) is 17.1 Å². The minimum absolute atomic E-state index is 0.143. The Morgan fingerprint density at radius 3 is 2.46 bits per heavy atom. The van der Waals surface area contributed by atoms with Gasteiger partial charge < -0.3 is 14.2 Å². The molecule has 0 saturated carbocycles. The van der Waals surface area contributed by atoms with Crippen molar-refractivity contribution in [2.75, 3.05) is 18.6 Å². The summed E-state index contributed by atoms with van der Waals surface area (Å²) in [6, 6.07) is 16.9. The summed E-state index contributed by atoms with van der Waals surface area (Å²) in [5, 5.41) is 3.82. The van der Waals surface area contributed by atoms with Crippen LogP contribution in [0.5, 0.6) is 5.75 Å². The van der Waals surface area contributed by atoms with Crippen molar-refractivity contribution < 1.29 is 14.1 Å². The maximum atomic E-state index is 13.0. The van der Waals surface area contributed by atoms with Crippen LogP contribution in [0.4, 0.5) is 5.69 Å². The Kier molecular flexibility index (Phi) is 4.61. The quantitative estimate of drug-likeness (QED) is 0.712. The van der Waals surface area contributed by atoms with E-state index < -0.39 is 0 Å². The molecule has 0 radical (unpaired) electrons. The fourth-order valence-corrected chi connectivity index (χ4v) is 2.54. The Balaban J connectivity index is 1.95. The number of anilines is 1. The number of methoxy groups -OCH3 is 1. The number of carbonyl (C=O) groups is 1. The predicted molar refractivity (Wildman–Crippen MR) is 92.3 cm³/mol. The smallest absolute Gasteiger partial charge is 0.263 e. The molecule has 1 heterocycles. The second-order valence-corrected chi connectivity index (χ2v) is 5.18. The van der Waals surface area contributed by atoms with Gasteiger partial charge in [0.2, 0.25) is 0 Å². The Labute approximate surface area is 140 Å². The third-order valence-corrected chi connectivity index (χ3v) is 3.78. The highest BCUT2D eigenvalue weighted by molar-refractivity contribution is 6.09. The van der Waals surface area contributed by atoms with E-state index in [4.69, 9.17) is 9.26 Å². The van der Waals surface area contributed by atoms with Crippen LogP contribution >= 0.6 is 0 Å². The lowest BCUT2D eigenvalue weighted by Gasteiger charge is -2.20. The number of hydrogen-bond acceptors (Lipinski definition) is 4. The lowest BCUT2D eigenvalue weighted by atomic mass is 10.1. The Hall–Kier alpha value is -3.08. The molecule has 2 aromatic carbocycles. The number of amides is 1. The number of hydrogen-bond donors (Lipinski definition) is 0. The number of aromatic nitrogens is 1. The van der Waals surface area contributed by atoms with Gasteiger partial charge in [-0.1, -0.05) is 23.4 Å². The van der Waals surface area contributed by atoms with E-state index in [2.05, 4.69) is 5.16 Å². The lowest BCUT2D eigenvalue weighted by molar-refractivity contribution is 0.0988. The van der Waals surface area contributed by atoms with E-state index in [9.17, 15) is 4.79 Å². The number of nitrogens with zero attached hydrogens (tertiary/aromatic N) is 2. The summed E-state index contributed by atoms with van der Waals surface area (Å²) in [5.74, 6) is 1.05. The minimum Gasteiger partial charge on any atom is -0.497 e. The molecule has 24 heavy (non-hydrogen) atoms. The monoisotopic (exact) mass is 322 g/mol. The van der Waals surface area contributed by atoms with Crippen LogP contribution in [0, 0.1) is 0 Å². The first kappa shape index (κ1) is 15.8. The SMILES string of the molecule is CCN(C(=O)c1cnoc1-c1ccc(OC)cc1)c1ccccc1. The van der Waals surface area contributed by atoms with Crippen molar-refractivity contribution in [3.63, 3.8) is 0 Å². The average Bonchev–Trinajstić information content (AvgIpc) is 3.13. The van der Waals surface area contributed by atoms with Crippen LogP contribution in [-0.2, 0) is 0 Å². The van der Waals surface area contributed by atoms with Gasteiger partial charge in [-0.3, -0.25) is 4.79 Å². The zero-order valence-electron chi connectivity index (χ0n) is 13.6. The second kappa shape index (κ2) is 7.00. The van der Waals surface area contributed by atoms with Crippen molar-refractivity contribution in [3.05, 3.63) is 66.4 Å². The molecule has 0 aliphatic carbocycles. The van der Waals surface area contributed by atoms with Crippen LogP contribution in [0.3, 0.4) is 0 Å². The first-order valence-corrected chi connectivity index (χ1v) is 7.70. The number of ether oxygens (including phenoxy) is 1. The molecule has 0 unspecified atom stereocenters. The molecule has 0 spiro atoms. The molecule has 3 aromatic rings. The van der Waals surface area contributed by atoms with E-state index in [1.807, 2.05) is 61.5 Å². The zero-order valence-corrected chi connectivity index (χ0v) is 13.6. The molecular formula is C19H18N2O3. The molecular weight excluding hydrogens is 304 g/mol. The van der Waals surface area contributed by atoms with E-state index >= 15 is 0 Å². The molecule has 1 amide bonds. The molecule has 0 bridgehead atoms. The van der Waals surface area contributed by atoms with E-state index in [-0.39, 0.29) is 5.91 Å². The molecule has 0 aliphatic heterocycles. The zero-order chi connectivity index (χ0) is 16.9. The van der Waals surface area contributed by atoms with Gasteiger partial charge in [-0.15, -0.1) is 0 Å². The second-order valence-electron chi connectivity index (χ2n) is 5.18. The van der Waals surface area contributed by atoms with Crippen LogP contribution in [-0.4, -0.2) is 24.7 Å². The summed E-state index contributed by atoms with van der Waals surface area (Å²) in [6.07, 6.45) is 1.47. The third kappa shape index (κ3) is 3.01. The van der Waals surface area contributed by atoms with Gasteiger partial charge in [-0.25, -0.2) is 0 Å². The third-order valence-electron chi connectivity index (χ3n) is 3.78. The van der Waals surface area contributed by atoms with E-state index in [1.165, 1.54) is 6.20 Å². The maximum absolute atomic E-state index is 13.0. The van der Waals surface area contributed by atoms with E-state index in [0.29, 0.717) is 17.9 Å². The number of rotatable bonds is 5. The molecule has 0 N–H and O–H groups in total. The average molecular weight is 322 g/mol. The number of carbonyl (C=O) groups excluding carboxylic acids is 1. The molecule has 0 atom stereocenters. The summed E-state index contributed by atoms with van der Waals surface area (Å²) in [5.41, 5.74) is 2.05. The molecule has 0 saturated heterocycles. The predicted octanol–water partition coefficient (Wildman–Crippen LogP) is 4.02. The summed E-state index contributed by atoms with van der Waals surface area (Å²) < 4.78 is 10.5. The lowest BCUT2D eigenvalue weighted by Crippen LogP contribution is -2.30. The van der Waals surface area contributed by atoms with Crippen LogP contribution < -0.4 is 9.64 Å². The fraction of sp³-hybridized carbons (Fsp3) is 0.158. The van der Waals surface area contributed by atoms with E-state index in [0.717, 1.165) is 17.0 Å². The van der Waals surface area contributed by atoms with Gasteiger partial charge in [0, 0.05) is 17.8 Å². The highest BCUT2D eigenvalue weighted by atomic mass is 16.5. The van der Waals surface area contributed by atoms with Crippen LogP contribution in [0.1, 0.15) is 17.3 Å². The van der Waals surface area contributed by atoms with Crippen molar-refractivity contribution in [1.82, 2.24) is 5.16 Å². The summed E-state index contributed by atoms with van der Waals surface area (Å²) >= 11 is 0. The van der Waals surface area contributed by atoms with Gasteiger partial charge >= 0.3 is 0 Å². The first-order chi connectivity index (χ1) is 11.7. The molecule has 0 fully saturated rings. The van der Waals surface area contributed by atoms with Gasteiger partial charge in [-0.05, 0) is 43.3 Å². The standard InChI is InChI=1S/C19H18N2O3/c1-3-21(15-7-5-4-6-8-15)19(22)17-13-20-24-18(17)14-9-11-16(23-2)12-10-14/h4-13H,3H2,1-2H3. The molecule has 5 heteroatoms.